The number of carbonyl (C=O) groups is 1. The minimum absolute atomic E-state index is 0.0483. The highest BCUT2D eigenvalue weighted by Crippen LogP contribution is 2.41. The molecule has 0 saturated carbocycles. The van der Waals surface area contributed by atoms with E-state index in [0.29, 0.717) is 23.0 Å². The number of phenols is 3. The summed E-state index contributed by atoms with van der Waals surface area (Å²) in [5, 5.41) is 28.1. The summed E-state index contributed by atoms with van der Waals surface area (Å²) in [7, 11) is 4.50. The average molecular weight is 408 g/mol. The molecule has 0 aliphatic carbocycles. The van der Waals surface area contributed by atoms with E-state index in [-0.39, 0.29) is 37.6 Å². The number of rotatable bonds is 11. The predicted octanol–water partition coefficient (Wildman–Crippen LogP) is 2.64. The largest absolute Gasteiger partial charge is 0.504 e. The molecule has 2 aromatic rings. The number of ketones is 1. The first-order chi connectivity index (χ1) is 13.9. The third-order valence-electron chi connectivity index (χ3n) is 3.98. The molecule has 0 atom stereocenters. The predicted molar refractivity (Wildman–Crippen MR) is 103 cm³/mol. The van der Waals surface area contributed by atoms with Crippen molar-refractivity contribution in [2.24, 2.45) is 0 Å². The van der Waals surface area contributed by atoms with Crippen LogP contribution in [0.25, 0.3) is 0 Å². The van der Waals surface area contributed by atoms with Gasteiger partial charge in [-0.1, -0.05) is 0 Å². The van der Waals surface area contributed by atoms with E-state index in [1.54, 1.807) is 12.1 Å². The summed E-state index contributed by atoms with van der Waals surface area (Å²) < 4.78 is 26.6. The number of ether oxygens (including phenoxy) is 5. The van der Waals surface area contributed by atoms with Crippen LogP contribution in [0.1, 0.15) is 12.8 Å². The van der Waals surface area contributed by atoms with Crippen molar-refractivity contribution in [1.82, 2.24) is 0 Å². The third kappa shape index (κ3) is 5.74. The molecule has 29 heavy (non-hydrogen) atoms. The first kappa shape index (κ1) is 21.8. The van der Waals surface area contributed by atoms with E-state index in [9.17, 15) is 20.1 Å². The zero-order valence-electron chi connectivity index (χ0n) is 16.4. The number of methoxy groups -OCH3 is 3. The fourth-order valence-electron chi connectivity index (χ4n) is 2.49. The van der Waals surface area contributed by atoms with E-state index < -0.39 is 17.2 Å². The smallest absolute Gasteiger partial charge is 0.203 e. The Balaban J connectivity index is 1.81. The molecule has 0 amide bonds. The lowest BCUT2D eigenvalue weighted by atomic mass is 10.2. The number of aromatic hydroxyl groups is 3. The van der Waals surface area contributed by atoms with Gasteiger partial charge in [0.15, 0.2) is 23.0 Å². The highest BCUT2D eigenvalue weighted by Gasteiger charge is 2.14. The molecule has 158 valence electrons. The highest BCUT2D eigenvalue weighted by atomic mass is 16.5. The summed E-state index contributed by atoms with van der Waals surface area (Å²) in [6.07, 6.45) is 0.271. The van der Waals surface area contributed by atoms with Gasteiger partial charge in [-0.2, -0.15) is 0 Å². The number of phenolic OH excluding ortho intramolecular Hbond substituents is 3. The minimum atomic E-state index is -0.627. The van der Waals surface area contributed by atoms with E-state index in [0.717, 1.165) is 12.1 Å². The van der Waals surface area contributed by atoms with Gasteiger partial charge in [0.1, 0.15) is 17.3 Å². The maximum atomic E-state index is 12.0. The van der Waals surface area contributed by atoms with E-state index >= 15 is 0 Å². The van der Waals surface area contributed by atoms with Crippen LogP contribution in [0.4, 0.5) is 0 Å². The maximum absolute atomic E-state index is 12.0. The fraction of sp³-hybridized carbons (Fsp3) is 0.350. The number of Topliss-reactive ketones (excluding diaryl/α,β-unsaturated/α-hetero) is 1. The monoisotopic (exact) mass is 408 g/mol. The molecule has 0 radical (unpaired) electrons. The minimum Gasteiger partial charge on any atom is -0.504 e. The van der Waals surface area contributed by atoms with Gasteiger partial charge in [0.05, 0.1) is 34.5 Å². The molecule has 9 nitrogen and oxygen atoms in total. The molecule has 3 N–H and O–H groups in total. The Morgan fingerprint density at radius 2 is 1.21 bits per heavy atom. The van der Waals surface area contributed by atoms with Crippen molar-refractivity contribution in [2.45, 2.75) is 12.8 Å². The molecule has 0 aliphatic rings. The van der Waals surface area contributed by atoms with Gasteiger partial charge in [-0.3, -0.25) is 4.79 Å². The van der Waals surface area contributed by atoms with Crippen LogP contribution in [-0.2, 0) is 4.79 Å². The molecule has 2 rings (SSSR count). The van der Waals surface area contributed by atoms with Crippen LogP contribution in [-0.4, -0.2) is 55.6 Å². The number of carbonyl (C=O) groups excluding carboxylic acids is 1. The molecular weight excluding hydrogens is 384 g/mol. The Morgan fingerprint density at radius 3 is 1.62 bits per heavy atom. The fourth-order valence-corrected chi connectivity index (χ4v) is 2.49. The lowest BCUT2D eigenvalue weighted by Gasteiger charge is -2.14. The van der Waals surface area contributed by atoms with Gasteiger partial charge in [0.2, 0.25) is 11.5 Å². The molecule has 9 heteroatoms. The summed E-state index contributed by atoms with van der Waals surface area (Å²) in [6, 6.07) is 5.57. The Hall–Kier alpha value is -3.49. The standard InChI is InChI=1S/C20H24O9/c1-25-17-10-14(11-18(26-2)20(17)27-3)29-7-5-12(21)4-6-28-13-8-15(22)19(24)16(23)9-13/h8-11,22-24H,4-7H2,1-3H3. The van der Waals surface area contributed by atoms with Gasteiger partial charge < -0.3 is 39.0 Å². The Kier molecular flexibility index (Phi) is 7.64. The van der Waals surface area contributed by atoms with Crippen molar-refractivity contribution in [3.05, 3.63) is 24.3 Å². The van der Waals surface area contributed by atoms with E-state index in [1.807, 2.05) is 0 Å². The van der Waals surface area contributed by atoms with E-state index in [2.05, 4.69) is 0 Å². The van der Waals surface area contributed by atoms with Crippen LogP contribution in [0.2, 0.25) is 0 Å². The highest BCUT2D eigenvalue weighted by molar-refractivity contribution is 5.78. The molecule has 0 bridgehead atoms. The first-order valence-electron chi connectivity index (χ1n) is 8.71. The van der Waals surface area contributed by atoms with Gasteiger partial charge in [0.25, 0.3) is 0 Å². The first-order valence-corrected chi connectivity index (χ1v) is 8.71. The summed E-state index contributed by atoms with van der Waals surface area (Å²) in [5.74, 6) is 0.209. The Morgan fingerprint density at radius 1 is 0.759 bits per heavy atom. The normalized spacial score (nSPS) is 10.3. The maximum Gasteiger partial charge on any atom is 0.203 e. The molecule has 0 fully saturated rings. The number of hydrogen-bond acceptors (Lipinski definition) is 9. The van der Waals surface area contributed by atoms with Crippen LogP contribution in [0.3, 0.4) is 0 Å². The van der Waals surface area contributed by atoms with Gasteiger partial charge in [0, 0.05) is 37.1 Å². The van der Waals surface area contributed by atoms with Crippen molar-refractivity contribution in [2.75, 3.05) is 34.5 Å². The van der Waals surface area contributed by atoms with Crippen LogP contribution in [0, 0.1) is 0 Å². The molecule has 2 aromatic carbocycles. The van der Waals surface area contributed by atoms with Gasteiger partial charge >= 0.3 is 0 Å². The quantitative estimate of drug-likeness (QED) is 0.481. The number of hydrogen-bond donors (Lipinski definition) is 3. The zero-order chi connectivity index (χ0) is 21.4. The lowest BCUT2D eigenvalue weighted by Crippen LogP contribution is -2.10. The lowest BCUT2D eigenvalue weighted by molar-refractivity contribution is -0.120. The molecule has 0 aliphatic heterocycles. The summed E-state index contributed by atoms with van der Waals surface area (Å²) in [6.45, 7) is 0.199. The molecule has 0 unspecified atom stereocenters. The van der Waals surface area contributed by atoms with Crippen LogP contribution in [0.15, 0.2) is 24.3 Å². The van der Waals surface area contributed by atoms with E-state index in [1.165, 1.54) is 21.3 Å². The second kappa shape index (κ2) is 10.2. The molecule has 0 aromatic heterocycles. The summed E-state index contributed by atoms with van der Waals surface area (Å²) in [5.41, 5.74) is 0. The van der Waals surface area contributed by atoms with Crippen LogP contribution in [0.5, 0.6) is 46.0 Å². The molecule has 0 heterocycles. The van der Waals surface area contributed by atoms with Crippen molar-refractivity contribution >= 4 is 5.78 Å². The van der Waals surface area contributed by atoms with Gasteiger partial charge in [-0.25, -0.2) is 0 Å². The van der Waals surface area contributed by atoms with Crippen molar-refractivity contribution in [3.8, 4) is 46.0 Å². The SMILES string of the molecule is COc1cc(OCCC(=O)CCOc2cc(O)c(O)c(O)c2)cc(OC)c1OC. The molecule has 0 spiro atoms. The molecule has 0 saturated heterocycles. The van der Waals surface area contributed by atoms with Gasteiger partial charge in [-0.15, -0.1) is 0 Å². The van der Waals surface area contributed by atoms with Crippen LogP contribution < -0.4 is 23.7 Å². The Bertz CT molecular complexity index is 800. The second-order valence-electron chi connectivity index (χ2n) is 5.91. The van der Waals surface area contributed by atoms with Gasteiger partial charge in [-0.05, 0) is 0 Å². The third-order valence-corrected chi connectivity index (χ3v) is 3.98. The number of benzene rings is 2. The van der Waals surface area contributed by atoms with Crippen LogP contribution >= 0.6 is 0 Å². The van der Waals surface area contributed by atoms with Crippen molar-refractivity contribution in [3.63, 3.8) is 0 Å². The average Bonchev–Trinajstić information content (AvgIpc) is 2.71. The zero-order valence-corrected chi connectivity index (χ0v) is 16.4. The summed E-state index contributed by atoms with van der Waals surface area (Å²) in [4.78, 5) is 12.0. The van der Waals surface area contributed by atoms with Crippen molar-refractivity contribution < 1.29 is 43.8 Å². The van der Waals surface area contributed by atoms with Crippen molar-refractivity contribution in [1.29, 1.82) is 0 Å². The topological polar surface area (TPSA) is 124 Å². The van der Waals surface area contributed by atoms with E-state index in [4.69, 9.17) is 23.7 Å². The second-order valence-corrected chi connectivity index (χ2v) is 5.91. The molecular formula is C20H24O9. The Labute approximate surface area is 168 Å². The summed E-state index contributed by atoms with van der Waals surface area (Å²) >= 11 is 0.